The highest BCUT2D eigenvalue weighted by atomic mass is 16.3. The maximum atomic E-state index is 11.7. The molecule has 0 aliphatic heterocycles. The summed E-state index contributed by atoms with van der Waals surface area (Å²) in [5, 5.41) is 0. The van der Waals surface area contributed by atoms with E-state index in [1.54, 1.807) is 6.07 Å². The summed E-state index contributed by atoms with van der Waals surface area (Å²) in [5.41, 5.74) is 6.69. The number of hydrogen-bond donors (Lipinski definition) is 1. The van der Waals surface area contributed by atoms with E-state index in [2.05, 4.69) is 20.8 Å². The maximum Gasteiger partial charge on any atom is 0.167 e. The molecule has 0 aliphatic rings. The molecule has 1 rings (SSSR count). The summed E-state index contributed by atoms with van der Waals surface area (Å²) < 4.78 is 4.86. The van der Waals surface area contributed by atoms with Gasteiger partial charge in [0.15, 0.2) is 5.78 Å². The summed E-state index contributed by atoms with van der Waals surface area (Å²) >= 11 is 0. The molecule has 1 heterocycles. The molecule has 1 unspecified atom stereocenters. The Morgan fingerprint density at radius 2 is 2.20 bits per heavy atom. The van der Waals surface area contributed by atoms with Crippen LogP contribution in [-0.4, -0.2) is 11.8 Å². The number of carbonyl (C=O) groups is 1. The van der Waals surface area contributed by atoms with Gasteiger partial charge in [-0.25, -0.2) is 0 Å². The Kier molecular flexibility index (Phi) is 3.69. The van der Waals surface area contributed by atoms with Crippen LogP contribution in [0.4, 0.5) is 0 Å². The number of furan rings is 1. The third-order valence-corrected chi connectivity index (χ3v) is 2.17. The molecule has 0 amide bonds. The first-order valence-electron chi connectivity index (χ1n) is 5.19. The van der Waals surface area contributed by atoms with Gasteiger partial charge in [0, 0.05) is 12.5 Å². The fourth-order valence-electron chi connectivity index (χ4n) is 1.64. The molecule has 0 aromatic carbocycles. The van der Waals surface area contributed by atoms with Crippen molar-refractivity contribution < 1.29 is 9.21 Å². The lowest BCUT2D eigenvalue weighted by atomic mass is 9.86. The standard InChI is InChI=1S/C12H19NO2/c1-12(2,3)7-10(13)6-11(14)9-4-5-15-8-9/h4-5,8,10H,6-7,13H2,1-3H3. The van der Waals surface area contributed by atoms with Crippen molar-refractivity contribution in [1.29, 1.82) is 0 Å². The van der Waals surface area contributed by atoms with Crippen molar-refractivity contribution in [3.05, 3.63) is 24.2 Å². The summed E-state index contributed by atoms with van der Waals surface area (Å²) in [4.78, 5) is 11.7. The molecular weight excluding hydrogens is 190 g/mol. The zero-order valence-electron chi connectivity index (χ0n) is 9.62. The third-order valence-electron chi connectivity index (χ3n) is 2.17. The second-order valence-corrected chi connectivity index (χ2v) is 5.16. The van der Waals surface area contributed by atoms with Gasteiger partial charge in [-0.2, -0.15) is 0 Å². The first-order chi connectivity index (χ1) is 6.88. The van der Waals surface area contributed by atoms with Gasteiger partial charge in [-0.15, -0.1) is 0 Å². The average molecular weight is 209 g/mol. The highest BCUT2D eigenvalue weighted by Gasteiger charge is 2.19. The van der Waals surface area contributed by atoms with Gasteiger partial charge < -0.3 is 10.2 Å². The van der Waals surface area contributed by atoms with Crippen LogP contribution >= 0.6 is 0 Å². The summed E-state index contributed by atoms with van der Waals surface area (Å²) in [6.45, 7) is 6.36. The van der Waals surface area contributed by atoms with E-state index in [4.69, 9.17) is 10.2 Å². The van der Waals surface area contributed by atoms with Gasteiger partial charge in [0.05, 0.1) is 11.8 Å². The number of Topliss-reactive ketones (excluding diaryl/α,β-unsaturated/α-hetero) is 1. The van der Waals surface area contributed by atoms with E-state index in [9.17, 15) is 4.79 Å². The van der Waals surface area contributed by atoms with Gasteiger partial charge >= 0.3 is 0 Å². The lowest BCUT2D eigenvalue weighted by Crippen LogP contribution is -2.28. The fourth-order valence-corrected chi connectivity index (χ4v) is 1.64. The highest BCUT2D eigenvalue weighted by molar-refractivity contribution is 5.96. The van der Waals surface area contributed by atoms with Crippen LogP contribution in [0.3, 0.4) is 0 Å². The molecule has 15 heavy (non-hydrogen) atoms. The van der Waals surface area contributed by atoms with Crippen LogP contribution in [0.1, 0.15) is 44.0 Å². The molecule has 1 atom stereocenters. The van der Waals surface area contributed by atoms with Crippen molar-refractivity contribution in [2.24, 2.45) is 11.1 Å². The van der Waals surface area contributed by atoms with Crippen molar-refractivity contribution in [2.45, 2.75) is 39.7 Å². The largest absolute Gasteiger partial charge is 0.472 e. The summed E-state index contributed by atoms with van der Waals surface area (Å²) in [5.74, 6) is 0.0560. The van der Waals surface area contributed by atoms with Crippen molar-refractivity contribution in [3.63, 3.8) is 0 Å². The SMILES string of the molecule is CC(C)(C)CC(N)CC(=O)c1ccoc1. The third kappa shape index (κ3) is 4.30. The molecule has 0 saturated carbocycles. The van der Waals surface area contributed by atoms with E-state index in [0.29, 0.717) is 12.0 Å². The lowest BCUT2D eigenvalue weighted by Gasteiger charge is -2.22. The van der Waals surface area contributed by atoms with Crippen molar-refractivity contribution in [3.8, 4) is 0 Å². The van der Waals surface area contributed by atoms with E-state index in [1.807, 2.05) is 0 Å². The van der Waals surface area contributed by atoms with Gasteiger partial charge in [0.25, 0.3) is 0 Å². The predicted molar refractivity (Wildman–Crippen MR) is 59.7 cm³/mol. The first kappa shape index (κ1) is 12.0. The minimum Gasteiger partial charge on any atom is -0.472 e. The molecule has 2 N–H and O–H groups in total. The molecular formula is C12H19NO2. The van der Waals surface area contributed by atoms with Gasteiger partial charge in [0.2, 0.25) is 0 Å². The Labute approximate surface area is 90.6 Å². The second-order valence-electron chi connectivity index (χ2n) is 5.16. The average Bonchev–Trinajstić information content (AvgIpc) is 2.50. The van der Waals surface area contributed by atoms with E-state index in [0.717, 1.165) is 6.42 Å². The van der Waals surface area contributed by atoms with Crippen LogP contribution in [0.25, 0.3) is 0 Å². The Morgan fingerprint density at radius 1 is 1.53 bits per heavy atom. The van der Waals surface area contributed by atoms with Crippen LogP contribution in [-0.2, 0) is 0 Å². The van der Waals surface area contributed by atoms with Crippen LogP contribution < -0.4 is 5.73 Å². The Balaban J connectivity index is 2.45. The Bertz CT molecular complexity index is 309. The smallest absolute Gasteiger partial charge is 0.167 e. The quantitative estimate of drug-likeness (QED) is 0.775. The zero-order chi connectivity index (χ0) is 11.5. The Hall–Kier alpha value is -1.09. The minimum atomic E-state index is -0.0765. The number of nitrogens with two attached hydrogens (primary N) is 1. The lowest BCUT2D eigenvalue weighted by molar-refractivity contribution is 0.0967. The molecule has 0 fully saturated rings. The van der Waals surface area contributed by atoms with E-state index >= 15 is 0 Å². The van der Waals surface area contributed by atoms with E-state index in [-0.39, 0.29) is 17.2 Å². The molecule has 3 nitrogen and oxygen atoms in total. The van der Waals surface area contributed by atoms with Crippen molar-refractivity contribution in [2.75, 3.05) is 0 Å². The van der Waals surface area contributed by atoms with E-state index in [1.165, 1.54) is 12.5 Å². The minimum absolute atomic E-state index is 0.0560. The molecule has 1 aromatic rings. The normalized spacial score (nSPS) is 13.9. The molecule has 0 bridgehead atoms. The number of ketones is 1. The molecule has 1 aromatic heterocycles. The molecule has 0 aliphatic carbocycles. The monoisotopic (exact) mass is 209 g/mol. The molecule has 0 spiro atoms. The summed E-state index contributed by atoms with van der Waals surface area (Å²) in [6.07, 6.45) is 4.20. The number of hydrogen-bond acceptors (Lipinski definition) is 3. The van der Waals surface area contributed by atoms with Crippen molar-refractivity contribution in [1.82, 2.24) is 0 Å². The van der Waals surface area contributed by atoms with Crippen LogP contribution in [0.2, 0.25) is 0 Å². The first-order valence-corrected chi connectivity index (χ1v) is 5.19. The van der Waals surface area contributed by atoms with Gasteiger partial charge in [-0.3, -0.25) is 4.79 Å². The number of carbonyl (C=O) groups excluding carboxylic acids is 1. The number of rotatable bonds is 4. The highest BCUT2D eigenvalue weighted by Crippen LogP contribution is 2.21. The molecule has 0 saturated heterocycles. The van der Waals surface area contributed by atoms with Gasteiger partial charge in [-0.05, 0) is 17.9 Å². The van der Waals surface area contributed by atoms with Crippen molar-refractivity contribution >= 4 is 5.78 Å². The molecule has 84 valence electrons. The van der Waals surface area contributed by atoms with Gasteiger partial charge in [-0.1, -0.05) is 20.8 Å². The second kappa shape index (κ2) is 4.62. The zero-order valence-corrected chi connectivity index (χ0v) is 9.62. The topological polar surface area (TPSA) is 56.2 Å². The molecule has 0 radical (unpaired) electrons. The van der Waals surface area contributed by atoms with Gasteiger partial charge in [0.1, 0.15) is 6.26 Å². The predicted octanol–water partition coefficient (Wildman–Crippen LogP) is 2.62. The Morgan fingerprint density at radius 3 is 2.67 bits per heavy atom. The fraction of sp³-hybridized carbons (Fsp3) is 0.583. The summed E-state index contributed by atoms with van der Waals surface area (Å²) in [6, 6.07) is 1.60. The van der Waals surface area contributed by atoms with Crippen LogP contribution in [0, 0.1) is 5.41 Å². The van der Waals surface area contributed by atoms with Crippen LogP contribution in [0.5, 0.6) is 0 Å². The summed E-state index contributed by atoms with van der Waals surface area (Å²) in [7, 11) is 0. The van der Waals surface area contributed by atoms with Crippen LogP contribution in [0.15, 0.2) is 23.0 Å². The van der Waals surface area contributed by atoms with E-state index < -0.39 is 0 Å². The molecule has 3 heteroatoms. The maximum absolute atomic E-state index is 11.7.